The summed E-state index contributed by atoms with van der Waals surface area (Å²) in [6.45, 7) is 2.76. The van der Waals surface area contributed by atoms with E-state index in [2.05, 4.69) is 16.7 Å². The van der Waals surface area contributed by atoms with Crippen molar-refractivity contribution in [2.45, 2.75) is 56.9 Å². The molecule has 1 N–H and O–H groups in total. The van der Waals surface area contributed by atoms with Crippen LogP contribution in [0.1, 0.15) is 71.8 Å². The summed E-state index contributed by atoms with van der Waals surface area (Å²) < 4.78 is 38.0. The summed E-state index contributed by atoms with van der Waals surface area (Å²) in [5.74, 6) is 0.713. The highest BCUT2D eigenvalue weighted by atomic mass is 32.2. The molecule has 2 saturated carbocycles. The molecule has 0 bridgehead atoms. The van der Waals surface area contributed by atoms with Gasteiger partial charge in [0.25, 0.3) is 5.91 Å². The van der Waals surface area contributed by atoms with Gasteiger partial charge in [0.2, 0.25) is 16.8 Å². The Morgan fingerprint density at radius 1 is 1.05 bits per heavy atom. The molecule has 2 aliphatic carbocycles. The lowest BCUT2D eigenvalue weighted by molar-refractivity contribution is -0.141. The summed E-state index contributed by atoms with van der Waals surface area (Å²) in [5, 5.41) is 1.07. The van der Waals surface area contributed by atoms with E-state index in [0.717, 1.165) is 52.7 Å². The molecule has 41 heavy (non-hydrogen) atoms. The predicted molar refractivity (Wildman–Crippen MR) is 155 cm³/mol. The van der Waals surface area contributed by atoms with E-state index in [-0.39, 0.29) is 17.4 Å². The number of nitrogens with one attached hydrogen (secondary N) is 1. The van der Waals surface area contributed by atoms with Crippen LogP contribution in [0.2, 0.25) is 0 Å². The molecule has 3 heterocycles. The van der Waals surface area contributed by atoms with Gasteiger partial charge < -0.3 is 18.9 Å². The van der Waals surface area contributed by atoms with E-state index in [0.29, 0.717) is 38.8 Å². The van der Waals surface area contributed by atoms with Crippen molar-refractivity contribution >= 4 is 33.6 Å². The first-order chi connectivity index (χ1) is 19.9. The van der Waals surface area contributed by atoms with Crippen LogP contribution < -0.4 is 9.46 Å². The van der Waals surface area contributed by atoms with Crippen LogP contribution >= 0.6 is 0 Å². The monoisotopic (exact) mass is 577 g/mol. The van der Waals surface area contributed by atoms with Gasteiger partial charge in [-0.05, 0) is 66.6 Å². The fourth-order valence-electron chi connectivity index (χ4n) is 7.65. The van der Waals surface area contributed by atoms with Crippen LogP contribution in [0.15, 0.2) is 36.4 Å². The first kappa shape index (κ1) is 26.5. The lowest BCUT2D eigenvalue weighted by Crippen LogP contribution is -2.45. The number of hydrogen-bond donors (Lipinski definition) is 2. The first-order valence-electron chi connectivity index (χ1n) is 14.6. The minimum Gasteiger partial charge on any atom is -0.497 e. The van der Waals surface area contributed by atoms with Gasteiger partial charge in [-0.15, -0.1) is 0 Å². The molecule has 10 heteroatoms. The van der Waals surface area contributed by atoms with Gasteiger partial charge in [-0.3, -0.25) is 14.3 Å². The third kappa shape index (κ3) is 4.34. The van der Waals surface area contributed by atoms with Gasteiger partial charge in [-0.1, -0.05) is 25.3 Å². The lowest BCUT2D eigenvalue weighted by Gasteiger charge is -2.31. The highest BCUT2D eigenvalue weighted by Gasteiger charge is 2.63. The van der Waals surface area contributed by atoms with Gasteiger partial charge in [-0.2, -0.15) is 0 Å². The number of nitrogens with zero attached hydrogens (tertiary/aromatic N) is 2. The summed E-state index contributed by atoms with van der Waals surface area (Å²) >= 11 is 0. The summed E-state index contributed by atoms with van der Waals surface area (Å²) in [4.78, 5) is 29.0. The van der Waals surface area contributed by atoms with Crippen molar-refractivity contribution in [2.75, 3.05) is 33.4 Å². The molecule has 2 aromatic carbocycles. The Bertz CT molecular complexity index is 1620. The molecule has 3 aromatic rings. The van der Waals surface area contributed by atoms with Gasteiger partial charge in [0.15, 0.2) is 0 Å². The number of morpholine rings is 1. The summed E-state index contributed by atoms with van der Waals surface area (Å²) in [7, 11) is -1.40. The fourth-order valence-corrected chi connectivity index (χ4v) is 7.95. The molecule has 2 amide bonds. The number of fused-ring (bicyclic) bond motifs is 7. The second-order valence-corrected chi connectivity index (χ2v) is 12.6. The maximum atomic E-state index is 14.3. The van der Waals surface area contributed by atoms with Crippen LogP contribution in [-0.4, -0.2) is 63.1 Å². The fraction of sp³-hybridized carbons (Fsp3) is 0.484. The number of hydrogen-bond acceptors (Lipinski definition) is 6. The molecule has 3 fully saturated rings. The Morgan fingerprint density at radius 3 is 2.56 bits per heavy atom. The maximum Gasteiger partial charge on any atom is 0.264 e. The second kappa shape index (κ2) is 10.2. The van der Waals surface area contributed by atoms with Crippen LogP contribution in [-0.2, 0) is 27.0 Å². The van der Waals surface area contributed by atoms with Gasteiger partial charge in [0.05, 0.1) is 31.4 Å². The Balaban J connectivity index is 1.47. The van der Waals surface area contributed by atoms with Gasteiger partial charge >= 0.3 is 0 Å². The first-order valence-corrected chi connectivity index (χ1v) is 15.8. The normalized spacial score (nSPS) is 23.9. The van der Waals surface area contributed by atoms with Crippen molar-refractivity contribution in [3.8, 4) is 17.0 Å². The summed E-state index contributed by atoms with van der Waals surface area (Å²) in [5.41, 5.74) is 5.23. The van der Waals surface area contributed by atoms with Crippen LogP contribution in [0.4, 0.5) is 0 Å². The Labute approximate surface area is 240 Å². The third-order valence-electron chi connectivity index (χ3n) is 9.70. The zero-order valence-electron chi connectivity index (χ0n) is 23.2. The topological polar surface area (TPSA) is 107 Å². The van der Waals surface area contributed by atoms with Gasteiger partial charge in [0.1, 0.15) is 5.75 Å². The van der Waals surface area contributed by atoms with Crippen LogP contribution in [0.3, 0.4) is 0 Å². The SMILES string of the molecule is COc1ccc2c(c1)C1CC1(C(=O)N1CCOCC1)Cn1c-2c(C2CCCCC2)c2ccc(C(=O)N[SH](=O)=O)cc21. The predicted octanol–water partition coefficient (Wildman–Crippen LogP) is 3.97. The molecule has 2 atom stereocenters. The molecule has 1 saturated heterocycles. The standard InChI is InChI=1S/C31H35N3O6S/c1-39-21-8-10-22-24(16-21)25-17-31(25,30(36)33-11-13-40-14-12-33)18-34-26-15-20(29(35)32-41(37)38)7-9-23(26)27(28(22)34)19-5-3-2-4-6-19/h7-10,15-16,19,25,41H,2-6,11-14,17-18H2,1H3,(H,32,35,37,38). The Kier molecular flexibility index (Phi) is 6.58. The number of carbonyl (C=O) groups is 2. The quantitative estimate of drug-likeness (QED) is 0.445. The number of carbonyl (C=O) groups excluding carboxylic acids is 2. The van der Waals surface area contributed by atoms with Crippen molar-refractivity contribution in [1.29, 1.82) is 0 Å². The Hall–Kier alpha value is -3.37. The van der Waals surface area contributed by atoms with E-state index in [1.165, 1.54) is 24.8 Å². The third-order valence-corrected chi connectivity index (χ3v) is 10.1. The van der Waals surface area contributed by atoms with E-state index < -0.39 is 22.2 Å². The lowest BCUT2D eigenvalue weighted by atomic mass is 9.81. The van der Waals surface area contributed by atoms with Crippen LogP contribution in [0.5, 0.6) is 5.75 Å². The number of thiol groups is 1. The molecular formula is C31H35N3O6S. The summed E-state index contributed by atoms with van der Waals surface area (Å²) in [6.07, 6.45) is 6.51. The molecule has 2 aliphatic heterocycles. The van der Waals surface area contributed by atoms with Gasteiger partial charge in [0, 0.05) is 47.6 Å². The largest absolute Gasteiger partial charge is 0.497 e. The second-order valence-electron chi connectivity index (χ2n) is 11.9. The van der Waals surface area contributed by atoms with E-state index >= 15 is 0 Å². The van der Waals surface area contributed by atoms with E-state index in [9.17, 15) is 18.0 Å². The minimum absolute atomic E-state index is 0.0630. The molecule has 0 spiro atoms. The zero-order chi connectivity index (χ0) is 28.3. The molecule has 1 aromatic heterocycles. The van der Waals surface area contributed by atoms with Crippen molar-refractivity contribution < 1.29 is 27.5 Å². The average Bonchev–Trinajstić information content (AvgIpc) is 3.67. The van der Waals surface area contributed by atoms with Crippen molar-refractivity contribution in [3.63, 3.8) is 0 Å². The molecule has 7 rings (SSSR count). The van der Waals surface area contributed by atoms with E-state index in [1.54, 1.807) is 19.2 Å². The van der Waals surface area contributed by atoms with Crippen molar-refractivity contribution in [2.24, 2.45) is 5.41 Å². The highest BCUT2D eigenvalue weighted by Crippen LogP contribution is 2.66. The minimum atomic E-state index is -3.07. The zero-order valence-corrected chi connectivity index (χ0v) is 24.1. The smallest absolute Gasteiger partial charge is 0.264 e. The summed E-state index contributed by atoms with van der Waals surface area (Å²) in [6, 6.07) is 11.7. The Morgan fingerprint density at radius 2 is 1.83 bits per heavy atom. The maximum absolute atomic E-state index is 14.3. The number of methoxy groups -OCH3 is 1. The highest BCUT2D eigenvalue weighted by molar-refractivity contribution is 7.71. The van der Waals surface area contributed by atoms with E-state index in [1.807, 2.05) is 21.8 Å². The molecule has 4 aliphatic rings. The molecule has 9 nitrogen and oxygen atoms in total. The molecule has 2 unspecified atom stereocenters. The molecular weight excluding hydrogens is 542 g/mol. The van der Waals surface area contributed by atoms with Crippen LogP contribution in [0.25, 0.3) is 22.2 Å². The van der Waals surface area contributed by atoms with Crippen molar-refractivity contribution in [3.05, 3.63) is 53.1 Å². The molecule has 216 valence electrons. The number of ether oxygens (including phenoxy) is 2. The van der Waals surface area contributed by atoms with Crippen LogP contribution in [0, 0.1) is 5.41 Å². The number of rotatable bonds is 5. The average molecular weight is 578 g/mol. The number of amides is 2. The number of aromatic nitrogens is 1. The number of benzene rings is 2. The van der Waals surface area contributed by atoms with Crippen molar-refractivity contribution in [1.82, 2.24) is 14.2 Å². The van der Waals surface area contributed by atoms with Gasteiger partial charge in [-0.25, -0.2) is 8.42 Å². The molecule has 0 radical (unpaired) electrons. The van der Waals surface area contributed by atoms with E-state index in [4.69, 9.17) is 9.47 Å².